The van der Waals surface area contributed by atoms with Crippen molar-refractivity contribution in [2.24, 2.45) is 0 Å². The Kier molecular flexibility index (Phi) is 8.15. The summed E-state index contributed by atoms with van der Waals surface area (Å²) in [6, 6.07) is 16.8. The Morgan fingerprint density at radius 2 is 1.87 bits per heavy atom. The number of carbonyl (C=O) groups is 1. The number of aromatic nitrogens is 1. The molecule has 4 N–H and O–H groups in total. The fraction of sp³-hybridized carbons (Fsp3) is 0.280. The van der Waals surface area contributed by atoms with Crippen molar-refractivity contribution < 1.29 is 9.53 Å². The lowest BCUT2D eigenvalue weighted by atomic mass is 10.0. The van der Waals surface area contributed by atoms with Gasteiger partial charge in [0.15, 0.2) is 0 Å². The molecule has 0 aliphatic rings. The van der Waals surface area contributed by atoms with Gasteiger partial charge in [-0.25, -0.2) is 0 Å². The van der Waals surface area contributed by atoms with E-state index in [-0.39, 0.29) is 5.91 Å². The van der Waals surface area contributed by atoms with Crippen LogP contribution < -0.4 is 16.4 Å². The van der Waals surface area contributed by atoms with Crippen LogP contribution in [0.1, 0.15) is 34.8 Å². The zero-order chi connectivity index (χ0) is 22.1. The lowest BCUT2D eigenvalue weighted by molar-refractivity contribution is 0.102. The van der Waals surface area contributed by atoms with Gasteiger partial charge in [-0.3, -0.25) is 9.78 Å². The van der Waals surface area contributed by atoms with Gasteiger partial charge in [0.1, 0.15) is 0 Å². The van der Waals surface area contributed by atoms with E-state index in [4.69, 9.17) is 10.5 Å². The van der Waals surface area contributed by atoms with E-state index in [2.05, 4.69) is 35.5 Å². The van der Waals surface area contributed by atoms with Gasteiger partial charge < -0.3 is 21.1 Å². The number of nitrogens with one attached hydrogen (secondary N) is 2. The molecule has 0 aliphatic heterocycles. The third-order valence-corrected chi connectivity index (χ3v) is 4.87. The fourth-order valence-electron chi connectivity index (χ4n) is 3.24. The van der Waals surface area contributed by atoms with Crippen molar-refractivity contribution in [1.29, 1.82) is 0 Å². The minimum Gasteiger partial charge on any atom is -0.397 e. The third-order valence-electron chi connectivity index (χ3n) is 4.87. The molecule has 0 unspecified atom stereocenters. The van der Waals surface area contributed by atoms with E-state index in [0.29, 0.717) is 16.9 Å². The Balaban J connectivity index is 1.60. The highest BCUT2D eigenvalue weighted by Gasteiger charge is 2.10. The molecular formula is C25H30N4O2. The molecule has 2 aromatic carbocycles. The van der Waals surface area contributed by atoms with Crippen LogP contribution in [-0.2, 0) is 11.3 Å². The third kappa shape index (κ3) is 6.38. The number of hydrogen-bond donors (Lipinski definition) is 3. The van der Waals surface area contributed by atoms with E-state index >= 15 is 0 Å². The predicted octanol–water partition coefficient (Wildman–Crippen LogP) is 4.41. The maximum absolute atomic E-state index is 12.5. The number of pyridine rings is 1. The van der Waals surface area contributed by atoms with Crippen LogP contribution >= 0.6 is 0 Å². The van der Waals surface area contributed by atoms with Crippen molar-refractivity contribution in [2.45, 2.75) is 26.8 Å². The summed E-state index contributed by atoms with van der Waals surface area (Å²) in [7, 11) is 0. The average Bonchev–Trinajstić information content (AvgIpc) is 2.78. The minimum atomic E-state index is -0.196. The number of rotatable bonds is 10. The smallest absolute Gasteiger partial charge is 0.255 e. The Bertz CT molecular complexity index is 1000. The summed E-state index contributed by atoms with van der Waals surface area (Å²) in [5.41, 5.74) is 11.7. The number of carbonyl (C=O) groups excluding carboxylic acids is 1. The summed E-state index contributed by atoms with van der Waals surface area (Å²) in [5.74, 6) is -0.196. The number of amides is 1. The molecule has 0 spiro atoms. The van der Waals surface area contributed by atoms with Crippen LogP contribution in [-0.4, -0.2) is 30.6 Å². The second-order valence-electron chi connectivity index (χ2n) is 7.42. The SMILES string of the molecule is CCCOCCNCc1cnc(-c2ccc(C(=O)Nc3ccccc3N)cc2)c(C)c1. The summed E-state index contributed by atoms with van der Waals surface area (Å²) >= 11 is 0. The van der Waals surface area contributed by atoms with Crippen LogP contribution in [0, 0.1) is 6.92 Å². The molecule has 0 fully saturated rings. The molecule has 6 nitrogen and oxygen atoms in total. The van der Waals surface area contributed by atoms with E-state index in [0.717, 1.165) is 55.1 Å². The van der Waals surface area contributed by atoms with E-state index in [9.17, 15) is 4.79 Å². The van der Waals surface area contributed by atoms with Crippen molar-refractivity contribution in [3.8, 4) is 11.3 Å². The van der Waals surface area contributed by atoms with Gasteiger partial charge in [-0.15, -0.1) is 0 Å². The van der Waals surface area contributed by atoms with Crippen LogP contribution in [0.25, 0.3) is 11.3 Å². The number of nitrogens with two attached hydrogens (primary N) is 1. The van der Waals surface area contributed by atoms with Crippen LogP contribution in [0.5, 0.6) is 0 Å². The number of ether oxygens (including phenoxy) is 1. The van der Waals surface area contributed by atoms with Gasteiger partial charge in [0.05, 0.1) is 23.7 Å². The number of aryl methyl sites for hydroxylation is 1. The highest BCUT2D eigenvalue weighted by atomic mass is 16.5. The summed E-state index contributed by atoms with van der Waals surface area (Å²) in [6.45, 7) is 7.25. The fourth-order valence-corrected chi connectivity index (χ4v) is 3.24. The number of nitrogen functional groups attached to an aromatic ring is 1. The van der Waals surface area contributed by atoms with Gasteiger partial charge in [0, 0.05) is 37.0 Å². The highest BCUT2D eigenvalue weighted by Crippen LogP contribution is 2.23. The van der Waals surface area contributed by atoms with Crippen LogP contribution in [0.15, 0.2) is 60.8 Å². The number of benzene rings is 2. The zero-order valence-corrected chi connectivity index (χ0v) is 18.2. The van der Waals surface area contributed by atoms with Gasteiger partial charge >= 0.3 is 0 Å². The molecular weight excluding hydrogens is 388 g/mol. The van der Waals surface area contributed by atoms with Crippen molar-refractivity contribution >= 4 is 17.3 Å². The van der Waals surface area contributed by atoms with Gasteiger partial charge in [-0.1, -0.05) is 37.3 Å². The number of anilines is 2. The first-order valence-electron chi connectivity index (χ1n) is 10.6. The first-order chi connectivity index (χ1) is 15.1. The molecule has 0 bridgehead atoms. The van der Waals surface area contributed by atoms with E-state index in [1.165, 1.54) is 0 Å². The molecule has 0 saturated heterocycles. The molecule has 3 rings (SSSR count). The van der Waals surface area contributed by atoms with Gasteiger partial charge in [-0.2, -0.15) is 0 Å². The topological polar surface area (TPSA) is 89.3 Å². The molecule has 3 aromatic rings. The lowest BCUT2D eigenvalue weighted by Crippen LogP contribution is -2.19. The zero-order valence-electron chi connectivity index (χ0n) is 18.2. The molecule has 6 heteroatoms. The van der Waals surface area contributed by atoms with Crippen LogP contribution in [0.2, 0.25) is 0 Å². The predicted molar refractivity (Wildman–Crippen MR) is 126 cm³/mol. The van der Waals surface area contributed by atoms with Crippen molar-refractivity contribution in [2.75, 3.05) is 30.8 Å². The Morgan fingerprint density at radius 1 is 1.10 bits per heavy atom. The van der Waals surface area contributed by atoms with E-state index in [1.54, 1.807) is 24.3 Å². The molecule has 31 heavy (non-hydrogen) atoms. The molecule has 0 saturated carbocycles. The van der Waals surface area contributed by atoms with Crippen molar-refractivity contribution in [3.05, 3.63) is 77.5 Å². The summed E-state index contributed by atoms with van der Waals surface area (Å²) in [4.78, 5) is 17.2. The summed E-state index contributed by atoms with van der Waals surface area (Å²) < 4.78 is 5.47. The molecule has 1 aromatic heterocycles. The van der Waals surface area contributed by atoms with Crippen LogP contribution in [0.4, 0.5) is 11.4 Å². The minimum absolute atomic E-state index is 0.196. The average molecular weight is 419 g/mol. The Morgan fingerprint density at radius 3 is 2.58 bits per heavy atom. The summed E-state index contributed by atoms with van der Waals surface area (Å²) in [6.07, 6.45) is 2.93. The van der Waals surface area contributed by atoms with E-state index < -0.39 is 0 Å². The lowest BCUT2D eigenvalue weighted by Gasteiger charge is -2.11. The number of para-hydroxylation sites is 2. The monoisotopic (exact) mass is 418 g/mol. The molecule has 162 valence electrons. The normalized spacial score (nSPS) is 10.8. The van der Waals surface area contributed by atoms with Gasteiger partial charge in [-0.05, 0) is 48.7 Å². The molecule has 0 aliphatic carbocycles. The highest BCUT2D eigenvalue weighted by molar-refractivity contribution is 6.05. The number of hydrogen-bond acceptors (Lipinski definition) is 5. The molecule has 0 radical (unpaired) electrons. The summed E-state index contributed by atoms with van der Waals surface area (Å²) in [5, 5.41) is 6.22. The van der Waals surface area contributed by atoms with Gasteiger partial charge in [0.2, 0.25) is 0 Å². The quantitative estimate of drug-likeness (QED) is 0.335. The molecule has 1 amide bonds. The Hall–Kier alpha value is -3.22. The van der Waals surface area contributed by atoms with Crippen LogP contribution in [0.3, 0.4) is 0 Å². The number of nitrogens with zero attached hydrogens (tertiary/aromatic N) is 1. The molecule has 1 heterocycles. The first-order valence-corrected chi connectivity index (χ1v) is 10.6. The van der Waals surface area contributed by atoms with Gasteiger partial charge in [0.25, 0.3) is 5.91 Å². The standard InChI is InChI=1S/C25H30N4O2/c1-3-13-31-14-12-27-16-19-15-18(2)24(28-17-19)20-8-10-21(11-9-20)25(30)29-23-7-5-4-6-22(23)26/h4-11,15,17,27H,3,12-14,16,26H2,1-2H3,(H,29,30). The second kappa shape index (κ2) is 11.2. The first kappa shape index (κ1) is 22.5. The maximum Gasteiger partial charge on any atom is 0.255 e. The Labute approximate surface area is 183 Å². The van der Waals surface area contributed by atoms with E-state index in [1.807, 2.05) is 30.5 Å². The largest absolute Gasteiger partial charge is 0.397 e. The van der Waals surface area contributed by atoms with Crippen molar-refractivity contribution in [3.63, 3.8) is 0 Å². The molecule has 0 atom stereocenters. The maximum atomic E-state index is 12.5. The second-order valence-corrected chi connectivity index (χ2v) is 7.42. The van der Waals surface area contributed by atoms with Crippen molar-refractivity contribution in [1.82, 2.24) is 10.3 Å².